The van der Waals surface area contributed by atoms with Crippen molar-refractivity contribution in [2.24, 2.45) is 5.92 Å². The van der Waals surface area contributed by atoms with Crippen molar-refractivity contribution in [2.75, 3.05) is 13.6 Å². The van der Waals surface area contributed by atoms with Gasteiger partial charge < -0.3 is 10.0 Å². The number of carbonyl (C=O) groups is 1. The minimum absolute atomic E-state index is 0.0266. The number of amides is 1. The summed E-state index contributed by atoms with van der Waals surface area (Å²) >= 11 is 0. The van der Waals surface area contributed by atoms with Crippen LogP contribution in [0, 0.1) is 5.92 Å². The summed E-state index contributed by atoms with van der Waals surface area (Å²) in [4.78, 5) is 25.9. The summed E-state index contributed by atoms with van der Waals surface area (Å²) in [5, 5.41) is 14.6. The van der Waals surface area contributed by atoms with Gasteiger partial charge in [-0.2, -0.15) is 5.10 Å². The second-order valence-corrected chi connectivity index (χ2v) is 6.53. The van der Waals surface area contributed by atoms with Gasteiger partial charge in [0.15, 0.2) is 0 Å². The van der Waals surface area contributed by atoms with E-state index in [1.165, 1.54) is 6.20 Å². The first-order valence-electron chi connectivity index (χ1n) is 8.43. The maximum Gasteiger partial charge on any atom is 0.224 e. The summed E-state index contributed by atoms with van der Waals surface area (Å²) in [5.74, 6) is 0.212. The Morgan fingerprint density at radius 2 is 2.17 bits per heavy atom. The van der Waals surface area contributed by atoms with Crippen molar-refractivity contribution in [3.05, 3.63) is 40.7 Å². The van der Waals surface area contributed by atoms with E-state index < -0.39 is 0 Å². The molecule has 6 nitrogen and oxygen atoms in total. The fraction of sp³-hybridized carbons (Fsp3) is 0.500. The van der Waals surface area contributed by atoms with E-state index in [-0.39, 0.29) is 23.4 Å². The van der Waals surface area contributed by atoms with E-state index >= 15 is 0 Å². The number of para-hydroxylation sites is 1. The average molecular weight is 329 g/mol. The van der Waals surface area contributed by atoms with E-state index in [1.54, 1.807) is 22.7 Å². The summed E-state index contributed by atoms with van der Waals surface area (Å²) in [5.41, 5.74) is 0.632. The first-order chi connectivity index (χ1) is 11.6. The number of aliphatic hydroxyl groups excluding tert-OH is 1. The molecule has 1 N–H and O–H groups in total. The van der Waals surface area contributed by atoms with Gasteiger partial charge in [0, 0.05) is 31.3 Å². The molecule has 0 saturated heterocycles. The molecule has 2 unspecified atom stereocenters. The van der Waals surface area contributed by atoms with Crippen LogP contribution in [0.4, 0.5) is 0 Å². The Balaban J connectivity index is 1.64. The van der Waals surface area contributed by atoms with Crippen molar-refractivity contribution >= 4 is 16.8 Å². The zero-order valence-electron chi connectivity index (χ0n) is 13.9. The van der Waals surface area contributed by atoms with Crippen LogP contribution >= 0.6 is 0 Å². The van der Waals surface area contributed by atoms with Crippen molar-refractivity contribution < 1.29 is 9.90 Å². The van der Waals surface area contributed by atoms with Crippen LogP contribution in [0.3, 0.4) is 0 Å². The molecule has 0 aliphatic heterocycles. The van der Waals surface area contributed by atoms with Gasteiger partial charge in [-0.3, -0.25) is 14.3 Å². The monoisotopic (exact) mass is 329 g/mol. The Hall–Kier alpha value is -2.21. The van der Waals surface area contributed by atoms with E-state index in [0.29, 0.717) is 24.9 Å². The normalized spacial score (nSPS) is 20.4. The summed E-state index contributed by atoms with van der Waals surface area (Å²) < 4.78 is 1.70. The standard InChI is InChI=1S/C18H23N3O3/c1-20(12-13-5-4-8-16(13)22)18(24)9-10-21-15-7-3-2-6-14(15)17(23)11-19-21/h2-3,6-7,11,13,16,22H,4-5,8-10,12H2,1H3. The minimum atomic E-state index is -0.287. The van der Waals surface area contributed by atoms with Crippen molar-refractivity contribution in [3.63, 3.8) is 0 Å². The number of rotatable bonds is 5. The SMILES string of the molecule is CN(CC1CCCC1O)C(=O)CCn1ncc(=O)c2ccccc21. The number of fused-ring (bicyclic) bond motifs is 1. The molecule has 1 aromatic carbocycles. The molecule has 1 saturated carbocycles. The average Bonchev–Trinajstić information content (AvgIpc) is 2.99. The third kappa shape index (κ3) is 3.48. The molecule has 1 heterocycles. The zero-order valence-corrected chi connectivity index (χ0v) is 13.9. The predicted octanol–water partition coefficient (Wildman–Crippen LogP) is 1.41. The highest BCUT2D eigenvalue weighted by atomic mass is 16.3. The molecule has 0 bridgehead atoms. The number of hydrogen-bond donors (Lipinski definition) is 1. The van der Waals surface area contributed by atoms with Gasteiger partial charge in [-0.25, -0.2) is 0 Å². The fourth-order valence-electron chi connectivity index (χ4n) is 3.42. The number of aliphatic hydroxyl groups is 1. The van der Waals surface area contributed by atoms with Crippen molar-refractivity contribution in [1.29, 1.82) is 0 Å². The smallest absolute Gasteiger partial charge is 0.224 e. The second-order valence-electron chi connectivity index (χ2n) is 6.53. The van der Waals surface area contributed by atoms with Gasteiger partial charge >= 0.3 is 0 Å². The van der Waals surface area contributed by atoms with Crippen LogP contribution in [-0.4, -0.2) is 45.4 Å². The van der Waals surface area contributed by atoms with Crippen LogP contribution in [-0.2, 0) is 11.3 Å². The Morgan fingerprint density at radius 1 is 1.38 bits per heavy atom. The summed E-state index contributed by atoms with van der Waals surface area (Å²) in [7, 11) is 1.78. The van der Waals surface area contributed by atoms with E-state index in [0.717, 1.165) is 24.8 Å². The molecule has 1 fully saturated rings. The predicted molar refractivity (Wildman–Crippen MR) is 91.6 cm³/mol. The Morgan fingerprint density at radius 3 is 2.92 bits per heavy atom. The number of benzene rings is 1. The Kier molecular flexibility index (Phi) is 4.94. The molecule has 3 rings (SSSR count). The molecular formula is C18H23N3O3. The van der Waals surface area contributed by atoms with E-state index in [2.05, 4.69) is 5.10 Å². The topological polar surface area (TPSA) is 75.4 Å². The maximum atomic E-state index is 12.4. The first kappa shape index (κ1) is 16.6. The summed E-state index contributed by atoms with van der Waals surface area (Å²) in [6, 6.07) is 7.29. The van der Waals surface area contributed by atoms with Gasteiger partial charge in [0.2, 0.25) is 11.3 Å². The summed E-state index contributed by atoms with van der Waals surface area (Å²) in [6.07, 6.45) is 4.17. The van der Waals surface area contributed by atoms with Gasteiger partial charge in [-0.05, 0) is 25.0 Å². The quantitative estimate of drug-likeness (QED) is 0.900. The van der Waals surface area contributed by atoms with Gasteiger partial charge in [0.05, 0.1) is 24.4 Å². The maximum absolute atomic E-state index is 12.4. The Labute approximate surface area is 140 Å². The highest BCUT2D eigenvalue weighted by Crippen LogP contribution is 2.26. The van der Waals surface area contributed by atoms with Crippen molar-refractivity contribution in [1.82, 2.24) is 14.7 Å². The molecule has 1 aromatic heterocycles. The molecule has 1 aliphatic carbocycles. The first-order valence-corrected chi connectivity index (χ1v) is 8.43. The highest BCUT2D eigenvalue weighted by Gasteiger charge is 2.27. The van der Waals surface area contributed by atoms with Crippen molar-refractivity contribution in [3.8, 4) is 0 Å². The zero-order chi connectivity index (χ0) is 17.1. The van der Waals surface area contributed by atoms with Crippen LogP contribution < -0.4 is 5.43 Å². The lowest BCUT2D eigenvalue weighted by Crippen LogP contribution is -2.35. The lowest BCUT2D eigenvalue weighted by atomic mass is 10.1. The lowest BCUT2D eigenvalue weighted by molar-refractivity contribution is -0.131. The van der Waals surface area contributed by atoms with E-state index in [1.807, 2.05) is 18.2 Å². The summed E-state index contributed by atoms with van der Waals surface area (Å²) in [6.45, 7) is 1.02. The fourth-order valence-corrected chi connectivity index (χ4v) is 3.42. The van der Waals surface area contributed by atoms with Gasteiger partial charge in [0.25, 0.3) is 0 Å². The van der Waals surface area contributed by atoms with Gasteiger partial charge in [0.1, 0.15) is 0 Å². The third-order valence-corrected chi connectivity index (χ3v) is 4.85. The van der Waals surface area contributed by atoms with E-state index in [4.69, 9.17) is 0 Å². The molecular weight excluding hydrogens is 306 g/mol. The number of carbonyl (C=O) groups excluding carboxylic acids is 1. The third-order valence-electron chi connectivity index (χ3n) is 4.85. The number of nitrogens with zero attached hydrogens (tertiary/aromatic N) is 3. The van der Waals surface area contributed by atoms with Crippen LogP contribution in [0.5, 0.6) is 0 Å². The molecule has 0 spiro atoms. The molecule has 6 heteroatoms. The van der Waals surface area contributed by atoms with Gasteiger partial charge in [-0.1, -0.05) is 18.6 Å². The largest absolute Gasteiger partial charge is 0.393 e. The number of hydrogen-bond acceptors (Lipinski definition) is 4. The molecule has 1 aliphatic rings. The van der Waals surface area contributed by atoms with Crippen LogP contribution in [0.25, 0.3) is 10.9 Å². The van der Waals surface area contributed by atoms with Gasteiger partial charge in [-0.15, -0.1) is 0 Å². The van der Waals surface area contributed by atoms with Crippen LogP contribution in [0.1, 0.15) is 25.7 Å². The highest BCUT2D eigenvalue weighted by molar-refractivity contribution is 5.79. The van der Waals surface area contributed by atoms with Crippen LogP contribution in [0.15, 0.2) is 35.3 Å². The molecule has 24 heavy (non-hydrogen) atoms. The molecule has 1 amide bonds. The lowest BCUT2D eigenvalue weighted by Gasteiger charge is -2.23. The molecule has 0 radical (unpaired) electrons. The minimum Gasteiger partial charge on any atom is -0.393 e. The molecule has 2 atom stereocenters. The number of aromatic nitrogens is 2. The molecule has 2 aromatic rings. The molecule has 128 valence electrons. The Bertz CT molecular complexity index is 786. The number of aryl methyl sites for hydroxylation is 1. The van der Waals surface area contributed by atoms with Crippen molar-refractivity contribution in [2.45, 2.75) is 38.3 Å². The van der Waals surface area contributed by atoms with Crippen LogP contribution in [0.2, 0.25) is 0 Å². The second kappa shape index (κ2) is 7.13. The van der Waals surface area contributed by atoms with E-state index in [9.17, 15) is 14.7 Å².